The molecule has 2 aromatic carbocycles. The van der Waals surface area contributed by atoms with Gasteiger partial charge < -0.3 is 34.6 Å². The molecule has 0 spiro atoms. The highest BCUT2D eigenvalue weighted by Gasteiger charge is 2.44. The number of benzene rings is 2. The number of carbonyl (C=O) groups is 8. The second kappa shape index (κ2) is 33.6. The van der Waals surface area contributed by atoms with Crippen LogP contribution < -0.4 is 16.1 Å². The number of nitrogens with zero attached hydrogens (tertiary/aromatic N) is 5. The highest BCUT2D eigenvalue weighted by atomic mass is 16.5. The van der Waals surface area contributed by atoms with Crippen LogP contribution in [-0.4, -0.2) is 164 Å². The average Bonchev–Trinajstić information content (AvgIpc) is 4.11. The van der Waals surface area contributed by atoms with Crippen molar-refractivity contribution in [3.8, 4) is 0 Å². The van der Waals surface area contributed by atoms with Crippen LogP contribution in [0.1, 0.15) is 150 Å². The molecule has 7 amide bonds. The predicted molar refractivity (Wildman–Crippen MR) is 312 cm³/mol. The first-order chi connectivity index (χ1) is 38.6. The second-order valence-electron chi connectivity index (χ2n) is 22.7. The molecule has 3 N–H and O–H groups in total. The maximum atomic E-state index is 14.5. The van der Waals surface area contributed by atoms with Crippen LogP contribution >= 0.6 is 0 Å². The molecule has 2 aliphatic rings. The van der Waals surface area contributed by atoms with E-state index in [1.807, 2.05) is 121 Å². The number of carbonyl (C=O) groups excluding carboxylic acids is 8. The molecule has 1 fully saturated rings. The number of hydrogen-bond donors (Lipinski definition) is 3. The van der Waals surface area contributed by atoms with Crippen LogP contribution in [0.15, 0.2) is 77.9 Å². The maximum absolute atomic E-state index is 14.5. The first-order valence-corrected chi connectivity index (χ1v) is 29.1. The molecule has 1 unspecified atom stereocenters. The fourth-order valence-corrected chi connectivity index (χ4v) is 11.2. The molecule has 1 saturated heterocycles. The van der Waals surface area contributed by atoms with Gasteiger partial charge in [-0.3, -0.25) is 48.2 Å². The molecule has 2 aromatic rings. The molecular formula is C62H94N8O11. The fourth-order valence-electron chi connectivity index (χ4n) is 11.2. The Bertz CT molecular complexity index is 2410. The number of esters is 1. The van der Waals surface area contributed by atoms with Crippen molar-refractivity contribution in [2.75, 3.05) is 48.5 Å². The summed E-state index contributed by atoms with van der Waals surface area (Å²) in [7, 11) is 8.50. The van der Waals surface area contributed by atoms with E-state index in [0.29, 0.717) is 82.2 Å². The summed E-state index contributed by atoms with van der Waals surface area (Å²) < 4.78 is 18.3. The number of likely N-dealkylation sites (N-methyl/N-ethyl adjacent to an activating group) is 2. The van der Waals surface area contributed by atoms with Gasteiger partial charge in [0, 0.05) is 59.4 Å². The smallest absolute Gasteiger partial charge is 0.306 e. The molecule has 81 heavy (non-hydrogen) atoms. The number of methoxy groups -OCH3 is 2. The van der Waals surface area contributed by atoms with E-state index in [1.165, 1.54) is 24.2 Å². The van der Waals surface area contributed by atoms with Gasteiger partial charge in [0.25, 0.3) is 11.8 Å². The Morgan fingerprint density at radius 1 is 0.741 bits per heavy atom. The highest BCUT2D eigenvalue weighted by Crippen LogP contribution is 2.31. The van der Waals surface area contributed by atoms with Crippen molar-refractivity contribution in [2.45, 2.75) is 181 Å². The number of hydrogen-bond acceptors (Lipinski definition) is 13. The molecule has 0 aliphatic carbocycles. The Hall–Kier alpha value is -6.31. The lowest BCUT2D eigenvalue weighted by Gasteiger charge is -2.41. The van der Waals surface area contributed by atoms with Crippen molar-refractivity contribution >= 4 is 53.0 Å². The third-order valence-corrected chi connectivity index (χ3v) is 15.8. The summed E-state index contributed by atoms with van der Waals surface area (Å²) in [6.45, 7) is 16.1. The van der Waals surface area contributed by atoms with E-state index < -0.39 is 60.4 Å². The number of likely N-dealkylation sites (tertiary alicyclic amines) is 1. The van der Waals surface area contributed by atoms with Gasteiger partial charge in [-0.15, -0.1) is 0 Å². The van der Waals surface area contributed by atoms with Crippen molar-refractivity contribution < 1.29 is 52.6 Å². The number of unbranched alkanes of at least 4 members (excludes halogenated alkanes) is 3. The predicted octanol–water partition coefficient (Wildman–Crippen LogP) is 6.99. The Morgan fingerprint density at radius 2 is 1.36 bits per heavy atom. The van der Waals surface area contributed by atoms with Gasteiger partial charge >= 0.3 is 5.97 Å². The zero-order valence-electron chi connectivity index (χ0n) is 50.5. The largest absolute Gasteiger partial charge is 0.455 e. The minimum Gasteiger partial charge on any atom is -0.455 e. The van der Waals surface area contributed by atoms with Crippen LogP contribution in [0.4, 0.5) is 0 Å². The van der Waals surface area contributed by atoms with Crippen LogP contribution in [-0.2, 0) is 52.6 Å². The van der Waals surface area contributed by atoms with Gasteiger partial charge in [0.05, 0.1) is 54.4 Å². The molecule has 19 heteroatoms. The molecule has 0 bridgehead atoms. The fraction of sp³-hybridized carbons (Fsp3) is 0.629. The number of rotatable bonds is 34. The molecule has 0 radical (unpaired) electrons. The van der Waals surface area contributed by atoms with Gasteiger partial charge in [0.1, 0.15) is 12.1 Å². The Labute approximate surface area is 481 Å². The van der Waals surface area contributed by atoms with Crippen LogP contribution in [0.3, 0.4) is 0 Å². The van der Waals surface area contributed by atoms with Gasteiger partial charge in [0.2, 0.25) is 29.5 Å². The Morgan fingerprint density at radius 3 is 1.94 bits per heavy atom. The molecule has 4 rings (SSSR count). The third kappa shape index (κ3) is 19.7. The monoisotopic (exact) mass is 1130 g/mol. The van der Waals surface area contributed by atoms with Gasteiger partial charge in [-0.05, 0) is 94.8 Å². The average molecular weight is 1130 g/mol. The van der Waals surface area contributed by atoms with Crippen LogP contribution in [0.25, 0.3) is 0 Å². The lowest BCUT2D eigenvalue weighted by atomic mass is 9.89. The van der Waals surface area contributed by atoms with Gasteiger partial charge in [0.15, 0.2) is 0 Å². The minimum atomic E-state index is -0.823. The van der Waals surface area contributed by atoms with Crippen LogP contribution in [0, 0.1) is 23.7 Å². The van der Waals surface area contributed by atoms with Crippen molar-refractivity contribution in [2.24, 2.45) is 28.8 Å². The topological polar surface area (TPSA) is 226 Å². The Kier molecular flexibility index (Phi) is 27.9. The van der Waals surface area contributed by atoms with Crippen LogP contribution in [0.2, 0.25) is 0 Å². The SMILES string of the molecule is CC[C@H](C)[C@@H](C(CC(=O)N1CCC[C@H]1[C@H](OC)[C@@H](C)C(=O)N[C@H](C)[C@@H](OC(=O)CCCC/C(=N/NC(=O)CCCCCN1C(=O)C=CC1=O)c1ccccc1)c1ccccc1)OC)N(C)C(=O)[C@@H](NC(=O)[C@H](C(C)C)N(C)C)C(C)C. The third-order valence-electron chi connectivity index (χ3n) is 15.8. The zero-order chi connectivity index (χ0) is 59.9. The summed E-state index contributed by atoms with van der Waals surface area (Å²) in [6, 6.07) is 15.9. The van der Waals surface area contributed by atoms with Gasteiger partial charge in [-0.25, -0.2) is 5.43 Å². The van der Waals surface area contributed by atoms with Crippen molar-refractivity contribution in [1.82, 2.24) is 35.7 Å². The minimum absolute atomic E-state index is 0.0151. The summed E-state index contributed by atoms with van der Waals surface area (Å²) in [5.74, 6) is -3.32. The maximum Gasteiger partial charge on any atom is 0.306 e. The molecule has 2 heterocycles. The number of hydrazone groups is 1. The van der Waals surface area contributed by atoms with Crippen molar-refractivity contribution in [1.29, 1.82) is 0 Å². The summed E-state index contributed by atoms with van der Waals surface area (Å²) in [4.78, 5) is 113. The highest BCUT2D eigenvalue weighted by molar-refractivity contribution is 6.12. The normalized spacial score (nSPS) is 18.0. The summed E-state index contributed by atoms with van der Waals surface area (Å²) in [5, 5.41) is 10.6. The summed E-state index contributed by atoms with van der Waals surface area (Å²) in [6.07, 6.45) is 5.97. The first kappa shape index (κ1) is 67.2. The molecule has 448 valence electrons. The Balaban J connectivity index is 1.37. The molecule has 10 atom stereocenters. The molecule has 0 aromatic heterocycles. The number of amides is 7. The lowest BCUT2D eigenvalue weighted by molar-refractivity contribution is -0.152. The summed E-state index contributed by atoms with van der Waals surface area (Å²) >= 11 is 0. The molecule has 19 nitrogen and oxygen atoms in total. The van der Waals surface area contributed by atoms with E-state index in [-0.39, 0.29) is 78.4 Å². The van der Waals surface area contributed by atoms with Gasteiger partial charge in [-0.2, -0.15) is 5.10 Å². The van der Waals surface area contributed by atoms with Crippen LogP contribution in [0.5, 0.6) is 0 Å². The van der Waals surface area contributed by atoms with Gasteiger partial charge in [-0.1, -0.05) is 122 Å². The van der Waals surface area contributed by atoms with E-state index >= 15 is 0 Å². The van der Waals surface area contributed by atoms with E-state index in [1.54, 1.807) is 37.8 Å². The van der Waals surface area contributed by atoms with Crippen molar-refractivity contribution in [3.63, 3.8) is 0 Å². The van der Waals surface area contributed by atoms with E-state index in [0.717, 1.165) is 5.56 Å². The van der Waals surface area contributed by atoms with E-state index in [9.17, 15) is 38.4 Å². The zero-order valence-corrected chi connectivity index (χ0v) is 50.5. The van der Waals surface area contributed by atoms with E-state index in [4.69, 9.17) is 14.2 Å². The molecule has 0 saturated carbocycles. The standard InChI is InChI=1S/C62H94N8O11/c1-14-42(6)57(68(11)62(78)55(40(2)3)64-61(77)56(41(4)5)67(9)10)49(79-12)39-53(74)69-38-26-32-48(69)58(80-13)43(7)60(76)63-44(8)59(46-29-20-16-21-30-46)81-54(75)34-24-23-31-47(45-27-18-15-19-28-45)65-66-50(71)33-22-17-25-37-70-51(72)35-36-52(70)73/h15-16,18-21,27-30,35-36,40-44,48-49,55-59H,14,17,22-26,31-34,37-39H2,1-13H3,(H,63,76)(H,64,77)(H,66,71)/b65-47-/t42-,43+,44+,48-,49?,55-,56-,57-,58+,59+/m0/s1. The quantitative estimate of drug-likeness (QED) is 0.0212. The van der Waals surface area contributed by atoms with Crippen molar-refractivity contribution in [3.05, 3.63) is 83.9 Å². The second-order valence-corrected chi connectivity index (χ2v) is 22.7. The summed E-state index contributed by atoms with van der Waals surface area (Å²) in [5.41, 5.74) is 4.87. The lowest BCUT2D eigenvalue weighted by Crippen LogP contribution is -2.59. The first-order valence-electron chi connectivity index (χ1n) is 29.1. The number of ether oxygens (including phenoxy) is 3. The van der Waals surface area contributed by atoms with E-state index in [2.05, 4.69) is 21.2 Å². The molecule has 2 aliphatic heterocycles. The molecular weight excluding hydrogens is 1030 g/mol. The number of nitrogens with one attached hydrogen (secondary N) is 3. The number of imide groups is 1.